The van der Waals surface area contributed by atoms with E-state index in [9.17, 15) is 0 Å². The molecule has 0 amide bonds. The Morgan fingerprint density at radius 3 is 2.57 bits per heavy atom. The van der Waals surface area contributed by atoms with Gasteiger partial charge in [-0.3, -0.25) is 0 Å². The number of allylic oxidation sites excluding steroid dienone is 1. The summed E-state index contributed by atoms with van der Waals surface area (Å²) in [7, 11) is 1.49. The summed E-state index contributed by atoms with van der Waals surface area (Å²) in [6.45, 7) is 0. The summed E-state index contributed by atoms with van der Waals surface area (Å²) >= 11 is 1.19. The molecule has 6 heteroatoms. The van der Waals surface area contributed by atoms with Crippen LogP contribution in [0, 0.1) is 22.7 Å². The summed E-state index contributed by atoms with van der Waals surface area (Å²) in [5.74, 6) is 0. The van der Waals surface area contributed by atoms with E-state index in [4.69, 9.17) is 16.3 Å². The highest BCUT2D eigenvalue weighted by Crippen LogP contribution is 2.11. The molecule has 0 unspecified atom stereocenters. The van der Waals surface area contributed by atoms with E-state index in [0.717, 1.165) is 0 Å². The third kappa shape index (κ3) is 5.58. The minimum atomic E-state index is 0.446. The van der Waals surface area contributed by atoms with E-state index in [1.807, 2.05) is 6.07 Å². The third-order valence-electron chi connectivity index (χ3n) is 0.912. The van der Waals surface area contributed by atoms with Crippen LogP contribution in [0.2, 0.25) is 0 Å². The lowest BCUT2D eigenvalue weighted by molar-refractivity contribution is 0.338. The van der Waals surface area contributed by atoms with Crippen LogP contribution in [0.15, 0.2) is 18.5 Å². The molecule has 14 heavy (non-hydrogen) atoms. The second-order valence-electron chi connectivity index (χ2n) is 1.84. The maximum atomic E-state index is 8.22. The fourth-order valence-corrected chi connectivity index (χ4v) is 0.920. The van der Waals surface area contributed by atoms with Gasteiger partial charge in [0.15, 0.2) is 5.13 Å². The van der Waals surface area contributed by atoms with E-state index < -0.39 is 0 Å². The van der Waals surface area contributed by atoms with Crippen LogP contribution in [0.3, 0.4) is 0 Å². The molecule has 0 aliphatic heterocycles. The van der Waals surface area contributed by atoms with Crippen molar-refractivity contribution in [1.82, 2.24) is 4.98 Å². The summed E-state index contributed by atoms with van der Waals surface area (Å²) in [5, 5.41) is 16.4. The number of nitrogen functional groups attached to an aromatic ring is 1. The predicted octanol–water partition coefficient (Wildman–Crippen LogP) is 1.27. The second-order valence-corrected chi connectivity index (χ2v) is 2.90. The Morgan fingerprint density at radius 1 is 1.64 bits per heavy atom. The van der Waals surface area contributed by atoms with Crippen LogP contribution in [0.25, 0.3) is 0 Å². The predicted molar refractivity (Wildman–Crippen MR) is 53.0 cm³/mol. The van der Waals surface area contributed by atoms with Gasteiger partial charge in [0, 0.05) is 0 Å². The molecule has 0 aliphatic carbocycles. The molecular weight excluding hydrogens is 200 g/mol. The van der Waals surface area contributed by atoms with Crippen LogP contribution in [-0.2, 0) is 4.74 Å². The Balaban J connectivity index is 0.000000255. The van der Waals surface area contributed by atoms with Crippen molar-refractivity contribution in [1.29, 1.82) is 10.5 Å². The molecule has 0 atom stereocenters. The number of thiazole rings is 1. The average molecular weight is 208 g/mol. The van der Waals surface area contributed by atoms with Gasteiger partial charge in [0.2, 0.25) is 0 Å². The van der Waals surface area contributed by atoms with Crippen molar-refractivity contribution >= 4 is 16.5 Å². The van der Waals surface area contributed by atoms with Gasteiger partial charge >= 0.3 is 0 Å². The summed E-state index contributed by atoms with van der Waals surface area (Å²) in [6.07, 6.45) is 4.04. The highest BCUT2D eigenvalue weighted by molar-refractivity contribution is 7.15. The minimum absolute atomic E-state index is 0.446. The van der Waals surface area contributed by atoms with Crippen molar-refractivity contribution in [2.75, 3.05) is 12.8 Å². The average Bonchev–Trinajstić information content (AvgIpc) is 2.62. The first-order valence-electron chi connectivity index (χ1n) is 3.43. The Morgan fingerprint density at radius 2 is 2.36 bits per heavy atom. The van der Waals surface area contributed by atoms with Crippen molar-refractivity contribution in [2.24, 2.45) is 0 Å². The number of anilines is 1. The Bertz CT molecular complexity index is 371. The van der Waals surface area contributed by atoms with Crippen LogP contribution in [-0.4, -0.2) is 12.1 Å². The fraction of sp³-hybridized carbons (Fsp3) is 0.125. The van der Waals surface area contributed by atoms with Gasteiger partial charge in [0.1, 0.15) is 10.9 Å². The normalized spacial score (nSPS) is 8.21. The molecule has 0 aromatic carbocycles. The minimum Gasteiger partial charge on any atom is -0.504 e. The molecule has 1 aromatic heterocycles. The van der Waals surface area contributed by atoms with Crippen LogP contribution in [0.4, 0.5) is 5.13 Å². The fourth-order valence-electron chi connectivity index (χ4n) is 0.438. The van der Waals surface area contributed by atoms with Crippen LogP contribution in [0.5, 0.6) is 0 Å². The topological polar surface area (TPSA) is 95.7 Å². The first-order valence-corrected chi connectivity index (χ1v) is 4.25. The summed E-state index contributed by atoms with van der Waals surface area (Å²) in [4.78, 5) is 4.22. The number of ether oxygens (including phenoxy) is 1. The van der Waals surface area contributed by atoms with Gasteiger partial charge in [-0.15, -0.1) is 0 Å². The highest BCUT2D eigenvalue weighted by Gasteiger charge is 1.92. The zero-order valence-electron chi connectivity index (χ0n) is 7.47. The monoisotopic (exact) mass is 208 g/mol. The third-order valence-corrected chi connectivity index (χ3v) is 1.64. The van der Waals surface area contributed by atoms with Crippen molar-refractivity contribution in [3.05, 3.63) is 23.4 Å². The van der Waals surface area contributed by atoms with E-state index in [1.165, 1.54) is 37.0 Å². The number of nitriles is 2. The lowest BCUT2D eigenvalue weighted by atomic mass is 10.6. The molecule has 0 bridgehead atoms. The number of rotatable bonds is 1. The molecule has 1 rings (SSSR count). The van der Waals surface area contributed by atoms with E-state index in [-0.39, 0.29) is 0 Å². The molecule has 0 fully saturated rings. The zero-order chi connectivity index (χ0) is 10.8. The van der Waals surface area contributed by atoms with Gasteiger partial charge in [-0.2, -0.15) is 10.5 Å². The number of hydrogen-bond donors (Lipinski definition) is 1. The van der Waals surface area contributed by atoms with Crippen molar-refractivity contribution in [3.63, 3.8) is 0 Å². The Labute approximate surface area is 85.7 Å². The van der Waals surface area contributed by atoms with E-state index in [0.29, 0.717) is 10.0 Å². The first-order chi connectivity index (χ1) is 6.74. The molecule has 0 spiro atoms. The molecule has 0 saturated heterocycles. The van der Waals surface area contributed by atoms with Crippen molar-refractivity contribution in [3.8, 4) is 12.1 Å². The molecule has 0 saturated carbocycles. The maximum absolute atomic E-state index is 8.22. The molecular formula is C8H8N4OS. The second kappa shape index (κ2) is 7.59. The number of hydrogen-bond acceptors (Lipinski definition) is 6. The number of nitrogens with zero attached hydrogens (tertiary/aromatic N) is 3. The van der Waals surface area contributed by atoms with Gasteiger partial charge in [-0.25, -0.2) is 4.98 Å². The SMILES string of the molecule is CO/C=C/C#N.N#Cc1cnc(N)s1. The van der Waals surface area contributed by atoms with Gasteiger partial charge in [0.05, 0.1) is 31.7 Å². The molecule has 0 aliphatic rings. The first kappa shape index (κ1) is 11.9. The summed E-state index contributed by atoms with van der Waals surface area (Å²) in [5.41, 5.74) is 5.21. The van der Waals surface area contributed by atoms with Gasteiger partial charge < -0.3 is 10.5 Å². The zero-order valence-corrected chi connectivity index (χ0v) is 8.28. The van der Waals surface area contributed by atoms with Gasteiger partial charge in [0.25, 0.3) is 0 Å². The highest BCUT2D eigenvalue weighted by atomic mass is 32.1. The Kier molecular flexibility index (Phi) is 6.48. The van der Waals surface area contributed by atoms with Crippen LogP contribution in [0.1, 0.15) is 4.88 Å². The van der Waals surface area contributed by atoms with Gasteiger partial charge in [-0.1, -0.05) is 11.3 Å². The molecule has 1 heterocycles. The smallest absolute Gasteiger partial charge is 0.181 e. The lowest BCUT2D eigenvalue weighted by Crippen LogP contribution is -1.77. The van der Waals surface area contributed by atoms with Gasteiger partial charge in [-0.05, 0) is 0 Å². The van der Waals surface area contributed by atoms with Crippen LogP contribution >= 0.6 is 11.3 Å². The summed E-state index contributed by atoms with van der Waals surface area (Å²) < 4.78 is 4.38. The molecule has 5 nitrogen and oxygen atoms in total. The lowest BCUT2D eigenvalue weighted by Gasteiger charge is -1.75. The van der Waals surface area contributed by atoms with E-state index >= 15 is 0 Å². The van der Waals surface area contributed by atoms with Crippen LogP contribution < -0.4 is 5.73 Å². The quantitative estimate of drug-likeness (QED) is 0.553. The number of nitrogens with two attached hydrogens (primary N) is 1. The standard InChI is InChI=1S/C4H3N3S.C4H5NO/c5-1-3-2-7-4(6)8-3;1-6-4-2-3-5/h2H,(H2,6,7);2,4H,1H3/b;4-2+. The number of methoxy groups -OCH3 is 1. The molecule has 0 radical (unpaired) electrons. The maximum Gasteiger partial charge on any atom is 0.181 e. The Hall–Kier alpha value is -2.05. The largest absolute Gasteiger partial charge is 0.504 e. The molecule has 2 N–H and O–H groups in total. The van der Waals surface area contributed by atoms with Crippen molar-refractivity contribution < 1.29 is 4.74 Å². The molecule has 72 valence electrons. The summed E-state index contributed by atoms with van der Waals surface area (Å²) in [6, 6.07) is 3.69. The van der Waals surface area contributed by atoms with E-state index in [2.05, 4.69) is 9.72 Å². The van der Waals surface area contributed by atoms with E-state index in [1.54, 1.807) is 6.07 Å². The number of aromatic nitrogens is 1. The molecule has 1 aromatic rings. The van der Waals surface area contributed by atoms with Crippen molar-refractivity contribution in [2.45, 2.75) is 0 Å².